The van der Waals surface area contributed by atoms with Gasteiger partial charge in [-0.25, -0.2) is 0 Å². The largest absolute Gasteiger partial charge is 0.315 e. The first-order valence-electron chi connectivity index (χ1n) is 6.61. The number of likely N-dealkylation sites (tertiary alicyclic amines) is 1. The van der Waals surface area contributed by atoms with Crippen LogP contribution in [0.2, 0.25) is 0 Å². The molecule has 15 heavy (non-hydrogen) atoms. The fraction of sp³-hybridized carbons (Fsp3) is 1.00. The predicted octanol–water partition coefficient (Wildman–Crippen LogP) is 2.49. The molecule has 1 fully saturated rings. The van der Waals surface area contributed by atoms with Crippen molar-refractivity contribution >= 4 is 0 Å². The van der Waals surface area contributed by atoms with Crippen molar-refractivity contribution in [3.8, 4) is 0 Å². The van der Waals surface area contributed by atoms with Gasteiger partial charge in [0.25, 0.3) is 0 Å². The van der Waals surface area contributed by atoms with Crippen LogP contribution < -0.4 is 5.32 Å². The van der Waals surface area contributed by atoms with Crippen LogP contribution >= 0.6 is 0 Å². The average molecular weight is 212 g/mol. The van der Waals surface area contributed by atoms with Crippen molar-refractivity contribution in [2.45, 2.75) is 59.0 Å². The Hall–Kier alpha value is -0.0800. The summed E-state index contributed by atoms with van der Waals surface area (Å²) in [5.41, 5.74) is 0. The molecule has 2 unspecified atom stereocenters. The predicted molar refractivity (Wildman–Crippen MR) is 67.2 cm³/mol. The maximum atomic E-state index is 3.54. The van der Waals surface area contributed by atoms with Gasteiger partial charge in [-0.15, -0.1) is 0 Å². The van der Waals surface area contributed by atoms with Crippen LogP contribution in [-0.4, -0.2) is 36.6 Å². The normalized spacial score (nSPS) is 27.8. The Bertz CT molecular complexity index is 168. The maximum Gasteiger partial charge on any atom is 0.0113 e. The number of hydrogen-bond donors (Lipinski definition) is 1. The first-order chi connectivity index (χ1) is 7.15. The molecular weight excluding hydrogens is 184 g/mol. The number of nitrogens with zero attached hydrogens (tertiary/aromatic N) is 1. The van der Waals surface area contributed by atoms with Gasteiger partial charge in [0.15, 0.2) is 0 Å². The van der Waals surface area contributed by atoms with Crippen LogP contribution in [0.15, 0.2) is 0 Å². The topological polar surface area (TPSA) is 15.3 Å². The highest BCUT2D eigenvalue weighted by atomic mass is 15.2. The zero-order valence-electron chi connectivity index (χ0n) is 10.9. The van der Waals surface area contributed by atoms with Gasteiger partial charge in [-0.2, -0.15) is 0 Å². The molecule has 1 saturated heterocycles. The fourth-order valence-electron chi connectivity index (χ4n) is 2.57. The van der Waals surface area contributed by atoms with Gasteiger partial charge in [0.2, 0.25) is 0 Å². The van der Waals surface area contributed by atoms with Crippen LogP contribution in [0, 0.1) is 5.92 Å². The lowest BCUT2D eigenvalue weighted by molar-refractivity contribution is 0.198. The van der Waals surface area contributed by atoms with E-state index >= 15 is 0 Å². The quantitative estimate of drug-likeness (QED) is 0.681. The lowest BCUT2D eigenvalue weighted by atomic mass is 10.1. The van der Waals surface area contributed by atoms with Crippen molar-refractivity contribution < 1.29 is 0 Å². The van der Waals surface area contributed by atoms with Gasteiger partial charge in [-0.3, -0.25) is 4.90 Å². The van der Waals surface area contributed by atoms with E-state index in [1.165, 1.54) is 25.8 Å². The van der Waals surface area contributed by atoms with Gasteiger partial charge >= 0.3 is 0 Å². The van der Waals surface area contributed by atoms with Crippen molar-refractivity contribution in [1.82, 2.24) is 10.2 Å². The molecule has 0 aliphatic carbocycles. The summed E-state index contributed by atoms with van der Waals surface area (Å²) in [6, 6.07) is 1.65. The van der Waals surface area contributed by atoms with E-state index in [1.807, 2.05) is 0 Å². The van der Waals surface area contributed by atoms with Crippen LogP contribution in [0.25, 0.3) is 0 Å². The Kier molecular flexibility index (Phi) is 5.62. The van der Waals surface area contributed by atoms with Gasteiger partial charge in [-0.05, 0) is 38.6 Å². The van der Waals surface area contributed by atoms with E-state index in [4.69, 9.17) is 0 Å². The molecule has 2 heteroatoms. The third kappa shape index (κ3) is 4.12. The molecule has 1 rings (SSSR count). The van der Waals surface area contributed by atoms with Crippen LogP contribution in [0.5, 0.6) is 0 Å². The number of nitrogens with one attached hydrogen (secondary N) is 1. The molecule has 1 heterocycles. The summed E-state index contributed by atoms with van der Waals surface area (Å²) in [7, 11) is 0. The van der Waals surface area contributed by atoms with Gasteiger partial charge < -0.3 is 5.32 Å². The van der Waals surface area contributed by atoms with E-state index < -0.39 is 0 Å². The molecule has 1 N–H and O–H groups in total. The van der Waals surface area contributed by atoms with Crippen molar-refractivity contribution in [3.63, 3.8) is 0 Å². The average Bonchev–Trinajstić information content (AvgIpc) is 2.54. The first kappa shape index (κ1) is 13.0. The Labute approximate surface area is 95.4 Å². The molecule has 0 aromatic carbocycles. The summed E-state index contributed by atoms with van der Waals surface area (Å²) < 4.78 is 0. The van der Waals surface area contributed by atoms with E-state index in [0.717, 1.165) is 31.1 Å². The zero-order chi connectivity index (χ0) is 11.3. The van der Waals surface area contributed by atoms with Gasteiger partial charge in [-0.1, -0.05) is 20.8 Å². The Balaban J connectivity index is 2.18. The molecule has 1 aliphatic rings. The van der Waals surface area contributed by atoms with Crippen LogP contribution in [0.1, 0.15) is 47.0 Å². The van der Waals surface area contributed by atoms with Crippen molar-refractivity contribution in [1.29, 1.82) is 0 Å². The molecule has 0 aromatic heterocycles. The lowest BCUT2D eigenvalue weighted by Crippen LogP contribution is -2.39. The fourth-order valence-corrected chi connectivity index (χ4v) is 2.57. The summed E-state index contributed by atoms with van der Waals surface area (Å²) in [5, 5.41) is 3.54. The molecular formula is C13H28N2. The summed E-state index contributed by atoms with van der Waals surface area (Å²) in [6.07, 6.45) is 4.11. The summed E-state index contributed by atoms with van der Waals surface area (Å²) in [6.45, 7) is 12.8. The van der Waals surface area contributed by atoms with E-state index in [9.17, 15) is 0 Å². The smallest absolute Gasteiger partial charge is 0.0113 e. The maximum absolute atomic E-state index is 3.54. The Morgan fingerprint density at radius 1 is 1.33 bits per heavy atom. The SMILES string of the molecule is CCC1CCC(C)N1CCNCC(C)C. The third-order valence-electron chi connectivity index (χ3n) is 3.52. The van der Waals surface area contributed by atoms with Crippen LogP contribution in [0.4, 0.5) is 0 Å². The highest BCUT2D eigenvalue weighted by Crippen LogP contribution is 2.24. The Morgan fingerprint density at radius 3 is 2.67 bits per heavy atom. The third-order valence-corrected chi connectivity index (χ3v) is 3.52. The van der Waals surface area contributed by atoms with Crippen molar-refractivity contribution in [3.05, 3.63) is 0 Å². The highest BCUT2D eigenvalue weighted by Gasteiger charge is 2.28. The molecule has 2 nitrogen and oxygen atoms in total. The summed E-state index contributed by atoms with van der Waals surface area (Å²) >= 11 is 0. The zero-order valence-corrected chi connectivity index (χ0v) is 10.9. The van der Waals surface area contributed by atoms with Gasteiger partial charge in [0, 0.05) is 25.2 Å². The molecule has 2 atom stereocenters. The molecule has 0 amide bonds. The molecule has 0 bridgehead atoms. The Morgan fingerprint density at radius 2 is 2.07 bits per heavy atom. The molecule has 0 aromatic rings. The second-order valence-corrected chi connectivity index (χ2v) is 5.32. The lowest BCUT2D eigenvalue weighted by Gasteiger charge is -2.27. The van der Waals surface area contributed by atoms with E-state index in [0.29, 0.717) is 0 Å². The summed E-state index contributed by atoms with van der Waals surface area (Å²) in [4.78, 5) is 2.69. The van der Waals surface area contributed by atoms with Gasteiger partial charge in [0.05, 0.1) is 0 Å². The van der Waals surface area contributed by atoms with Crippen LogP contribution in [0.3, 0.4) is 0 Å². The molecule has 1 aliphatic heterocycles. The number of rotatable bonds is 6. The standard InChI is InChI=1S/C13H28N2/c1-5-13-7-6-12(4)15(13)9-8-14-10-11(2)3/h11-14H,5-10H2,1-4H3. The van der Waals surface area contributed by atoms with E-state index in [-0.39, 0.29) is 0 Å². The summed E-state index contributed by atoms with van der Waals surface area (Å²) in [5.74, 6) is 0.767. The second-order valence-electron chi connectivity index (χ2n) is 5.32. The molecule has 0 radical (unpaired) electrons. The first-order valence-corrected chi connectivity index (χ1v) is 6.61. The molecule has 0 saturated carbocycles. The van der Waals surface area contributed by atoms with E-state index in [1.54, 1.807) is 0 Å². The minimum Gasteiger partial charge on any atom is -0.315 e. The van der Waals surface area contributed by atoms with Crippen molar-refractivity contribution in [2.75, 3.05) is 19.6 Å². The number of hydrogen-bond acceptors (Lipinski definition) is 2. The minimum absolute atomic E-state index is 0.767. The molecule has 0 spiro atoms. The minimum atomic E-state index is 0.767. The van der Waals surface area contributed by atoms with Crippen LogP contribution in [-0.2, 0) is 0 Å². The second kappa shape index (κ2) is 6.49. The monoisotopic (exact) mass is 212 g/mol. The van der Waals surface area contributed by atoms with E-state index in [2.05, 4.69) is 37.9 Å². The highest BCUT2D eigenvalue weighted by molar-refractivity contribution is 4.84. The van der Waals surface area contributed by atoms with Gasteiger partial charge in [0.1, 0.15) is 0 Å². The van der Waals surface area contributed by atoms with Crippen molar-refractivity contribution in [2.24, 2.45) is 5.92 Å². The molecule has 90 valence electrons.